The van der Waals surface area contributed by atoms with Gasteiger partial charge in [0.15, 0.2) is 5.82 Å². The molecule has 2 aromatic carbocycles. The second-order valence-corrected chi connectivity index (χ2v) is 6.67. The fraction of sp³-hybridized carbons (Fsp3) is 0.238. The summed E-state index contributed by atoms with van der Waals surface area (Å²) in [6.07, 6.45) is 0. The Balaban J connectivity index is 1.67. The van der Waals surface area contributed by atoms with Crippen LogP contribution in [0, 0.1) is 33.5 Å². The summed E-state index contributed by atoms with van der Waals surface area (Å²) in [5, 5.41) is 10.2. The van der Waals surface area contributed by atoms with E-state index >= 15 is 0 Å². The van der Waals surface area contributed by atoms with Gasteiger partial charge < -0.3 is 10.6 Å². The lowest BCUT2D eigenvalue weighted by Gasteiger charge is -2.13. The molecule has 0 aliphatic carbocycles. The minimum Gasteiger partial charge on any atom is -0.376 e. The zero-order valence-corrected chi connectivity index (χ0v) is 15.9. The van der Waals surface area contributed by atoms with E-state index in [9.17, 15) is 9.18 Å². The third kappa shape index (κ3) is 4.16. The molecular weight excluding hydrogens is 343 g/mol. The Morgan fingerprint density at radius 2 is 1.78 bits per heavy atom. The SMILES string of the molecule is Cc1cc(C)n(-c2ccc(NCC(=O)Nc3c(C)cccc3C)cc2F)n1. The lowest BCUT2D eigenvalue weighted by atomic mass is 10.1. The van der Waals surface area contributed by atoms with Crippen LogP contribution in [-0.4, -0.2) is 22.2 Å². The number of benzene rings is 2. The molecule has 0 bridgehead atoms. The smallest absolute Gasteiger partial charge is 0.243 e. The topological polar surface area (TPSA) is 59.0 Å². The highest BCUT2D eigenvalue weighted by molar-refractivity contribution is 5.95. The van der Waals surface area contributed by atoms with Crippen molar-refractivity contribution < 1.29 is 9.18 Å². The van der Waals surface area contributed by atoms with Crippen molar-refractivity contribution in [2.75, 3.05) is 17.2 Å². The maximum Gasteiger partial charge on any atom is 0.243 e. The van der Waals surface area contributed by atoms with Crippen LogP contribution in [0.2, 0.25) is 0 Å². The van der Waals surface area contributed by atoms with E-state index in [2.05, 4.69) is 15.7 Å². The van der Waals surface area contributed by atoms with Crippen LogP contribution in [0.5, 0.6) is 0 Å². The fourth-order valence-corrected chi connectivity index (χ4v) is 3.04. The van der Waals surface area contributed by atoms with Crippen molar-refractivity contribution in [3.05, 3.63) is 70.8 Å². The van der Waals surface area contributed by atoms with E-state index in [1.54, 1.807) is 16.8 Å². The predicted molar refractivity (Wildman–Crippen MR) is 106 cm³/mol. The molecule has 0 atom stereocenters. The highest BCUT2D eigenvalue weighted by Gasteiger charge is 2.11. The van der Waals surface area contributed by atoms with E-state index in [0.717, 1.165) is 28.2 Å². The van der Waals surface area contributed by atoms with Crippen LogP contribution < -0.4 is 10.6 Å². The first-order valence-corrected chi connectivity index (χ1v) is 8.78. The fourth-order valence-electron chi connectivity index (χ4n) is 3.04. The molecule has 5 nitrogen and oxygen atoms in total. The number of anilines is 2. The Bertz CT molecular complexity index is 974. The van der Waals surface area contributed by atoms with Crippen LogP contribution in [0.15, 0.2) is 42.5 Å². The molecule has 1 heterocycles. The number of para-hydroxylation sites is 1. The third-order valence-corrected chi connectivity index (χ3v) is 4.38. The van der Waals surface area contributed by atoms with Crippen molar-refractivity contribution in [2.45, 2.75) is 27.7 Å². The number of carbonyl (C=O) groups is 1. The molecule has 1 aromatic heterocycles. The molecule has 0 saturated heterocycles. The maximum atomic E-state index is 14.5. The zero-order valence-electron chi connectivity index (χ0n) is 15.9. The van der Waals surface area contributed by atoms with E-state index in [1.807, 2.05) is 52.0 Å². The Morgan fingerprint density at radius 3 is 2.37 bits per heavy atom. The number of hydrogen-bond acceptors (Lipinski definition) is 3. The summed E-state index contributed by atoms with van der Waals surface area (Å²) in [6.45, 7) is 7.69. The van der Waals surface area contributed by atoms with E-state index in [1.165, 1.54) is 6.07 Å². The number of aromatic nitrogens is 2. The number of amides is 1. The molecule has 0 saturated carbocycles. The number of carbonyl (C=O) groups excluding carboxylic acids is 1. The summed E-state index contributed by atoms with van der Waals surface area (Å²) in [6, 6.07) is 12.5. The zero-order chi connectivity index (χ0) is 19.6. The molecule has 3 aromatic rings. The van der Waals surface area contributed by atoms with Crippen molar-refractivity contribution in [3.63, 3.8) is 0 Å². The van der Waals surface area contributed by atoms with Crippen LogP contribution in [-0.2, 0) is 4.79 Å². The van der Waals surface area contributed by atoms with Crippen molar-refractivity contribution in [1.29, 1.82) is 0 Å². The number of halogens is 1. The molecule has 2 N–H and O–H groups in total. The molecule has 1 amide bonds. The molecule has 3 rings (SSSR count). The first kappa shape index (κ1) is 18.6. The Hall–Kier alpha value is -3.15. The molecule has 140 valence electrons. The minimum atomic E-state index is -0.402. The van der Waals surface area contributed by atoms with Crippen molar-refractivity contribution >= 4 is 17.3 Å². The first-order chi connectivity index (χ1) is 12.8. The third-order valence-electron chi connectivity index (χ3n) is 4.38. The minimum absolute atomic E-state index is 0.0481. The van der Waals surface area contributed by atoms with Gasteiger partial charge in [-0.3, -0.25) is 4.79 Å². The van der Waals surface area contributed by atoms with Gasteiger partial charge >= 0.3 is 0 Å². The largest absolute Gasteiger partial charge is 0.376 e. The highest BCUT2D eigenvalue weighted by Crippen LogP contribution is 2.21. The summed E-state index contributed by atoms with van der Waals surface area (Å²) >= 11 is 0. The van der Waals surface area contributed by atoms with Gasteiger partial charge in [0.2, 0.25) is 5.91 Å². The first-order valence-electron chi connectivity index (χ1n) is 8.78. The molecule has 6 heteroatoms. The molecule has 0 spiro atoms. The normalized spacial score (nSPS) is 10.7. The van der Waals surface area contributed by atoms with Crippen LogP contribution in [0.4, 0.5) is 15.8 Å². The van der Waals surface area contributed by atoms with Crippen molar-refractivity contribution in [1.82, 2.24) is 9.78 Å². The van der Waals surface area contributed by atoms with Crippen LogP contribution >= 0.6 is 0 Å². The van der Waals surface area contributed by atoms with Gasteiger partial charge in [0.1, 0.15) is 5.69 Å². The van der Waals surface area contributed by atoms with Gasteiger partial charge in [-0.05, 0) is 63.1 Å². The van der Waals surface area contributed by atoms with Gasteiger partial charge in [-0.15, -0.1) is 0 Å². The van der Waals surface area contributed by atoms with Gasteiger partial charge in [0, 0.05) is 17.1 Å². The second-order valence-electron chi connectivity index (χ2n) is 6.67. The standard InChI is InChI=1S/C21H23FN4O/c1-13-6-5-7-14(2)21(13)24-20(27)12-23-17-8-9-19(18(22)11-17)26-16(4)10-15(3)25-26/h5-11,23H,12H2,1-4H3,(H,24,27). The average molecular weight is 366 g/mol. The molecule has 27 heavy (non-hydrogen) atoms. The van der Waals surface area contributed by atoms with Gasteiger partial charge in [-0.2, -0.15) is 5.10 Å². The summed E-state index contributed by atoms with van der Waals surface area (Å²) in [4.78, 5) is 12.2. The molecule has 0 aliphatic heterocycles. The lowest BCUT2D eigenvalue weighted by Crippen LogP contribution is -2.22. The molecule has 0 aliphatic rings. The number of nitrogens with zero attached hydrogens (tertiary/aromatic N) is 2. The monoisotopic (exact) mass is 366 g/mol. The maximum absolute atomic E-state index is 14.5. The lowest BCUT2D eigenvalue weighted by molar-refractivity contribution is -0.114. The van der Waals surface area contributed by atoms with Crippen LogP contribution in [0.1, 0.15) is 22.5 Å². The van der Waals surface area contributed by atoms with E-state index in [4.69, 9.17) is 0 Å². The van der Waals surface area contributed by atoms with E-state index < -0.39 is 5.82 Å². The van der Waals surface area contributed by atoms with E-state index in [0.29, 0.717) is 11.4 Å². The van der Waals surface area contributed by atoms with Crippen molar-refractivity contribution in [2.24, 2.45) is 0 Å². The van der Waals surface area contributed by atoms with Gasteiger partial charge in [-0.1, -0.05) is 18.2 Å². The predicted octanol–water partition coefficient (Wildman–Crippen LogP) is 4.30. The molecule has 0 radical (unpaired) electrons. The Morgan fingerprint density at radius 1 is 1.07 bits per heavy atom. The summed E-state index contributed by atoms with van der Waals surface area (Å²) < 4.78 is 16.1. The summed E-state index contributed by atoms with van der Waals surface area (Å²) in [7, 11) is 0. The molecule has 0 fully saturated rings. The Kier molecular flexibility index (Phi) is 5.26. The highest BCUT2D eigenvalue weighted by atomic mass is 19.1. The summed E-state index contributed by atoms with van der Waals surface area (Å²) in [5.74, 6) is -0.586. The quantitative estimate of drug-likeness (QED) is 0.708. The number of rotatable bonds is 5. The molecular formula is C21H23FN4O. The number of aryl methyl sites for hydroxylation is 4. The molecule has 0 unspecified atom stereocenters. The van der Waals surface area contributed by atoms with Gasteiger partial charge in [-0.25, -0.2) is 9.07 Å². The number of nitrogens with one attached hydrogen (secondary N) is 2. The van der Waals surface area contributed by atoms with Gasteiger partial charge in [0.05, 0.1) is 12.2 Å². The summed E-state index contributed by atoms with van der Waals surface area (Å²) in [5.41, 5.74) is 5.43. The second kappa shape index (κ2) is 7.61. The van der Waals surface area contributed by atoms with Gasteiger partial charge in [0.25, 0.3) is 0 Å². The Labute approximate surface area is 158 Å². The van der Waals surface area contributed by atoms with Crippen molar-refractivity contribution in [3.8, 4) is 5.69 Å². The van der Waals surface area contributed by atoms with Crippen LogP contribution in [0.25, 0.3) is 5.69 Å². The van der Waals surface area contributed by atoms with E-state index in [-0.39, 0.29) is 12.5 Å². The average Bonchev–Trinajstić information content (AvgIpc) is 2.94. The van der Waals surface area contributed by atoms with Crippen LogP contribution in [0.3, 0.4) is 0 Å². The number of hydrogen-bond donors (Lipinski definition) is 2.